The molecule has 2 N–H and O–H groups in total. The summed E-state index contributed by atoms with van der Waals surface area (Å²) in [5, 5.41) is 0.632. The first kappa shape index (κ1) is 12.0. The van der Waals surface area contributed by atoms with Crippen molar-refractivity contribution < 1.29 is 9.53 Å². The van der Waals surface area contributed by atoms with Crippen molar-refractivity contribution in [1.82, 2.24) is 0 Å². The Balaban J connectivity index is 2.91. The average Bonchev–Trinajstić information content (AvgIpc) is 2.17. The monoisotopic (exact) mass is 227 g/mol. The minimum atomic E-state index is -0.734. The maximum absolute atomic E-state index is 11.4. The van der Waals surface area contributed by atoms with E-state index in [1.54, 1.807) is 25.1 Å². The summed E-state index contributed by atoms with van der Waals surface area (Å²) < 4.78 is 4.85. The van der Waals surface area contributed by atoms with Crippen molar-refractivity contribution in [2.45, 2.75) is 19.9 Å². The highest BCUT2D eigenvalue weighted by Crippen LogP contribution is 2.20. The third kappa shape index (κ3) is 2.94. The van der Waals surface area contributed by atoms with E-state index in [0.717, 1.165) is 11.1 Å². The third-order valence-electron chi connectivity index (χ3n) is 2.11. The van der Waals surface area contributed by atoms with E-state index in [1.165, 1.54) is 0 Å². The molecule has 0 aliphatic rings. The Morgan fingerprint density at radius 2 is 2.27 bits per heavy atom. The van der Waals surface area contributed by atoms with Gasteiger partial charge in [-0.25, -0.2) is 4.79 Å². The van der Waals surface area contributed by atoms with Crippen LogP contribution in [-0.2, 0) is 9.53 Å². The minimum Gasteiger partial charge on any atom is -0.465 e. The van der Waals surface area contributed by atoms with Crippen LogP contribution in [0, 0.1) is 6.92 Å². The predicted molar refractivity (Wildman–Crippen MR) is 59.8 cm³/mol. The Labute approximate surface area is 94.2 Å². The number of esters is 1. The first-order valence-electron chi connectivity index (χ1n) is 4.74. The molecule has 0 saturated heterocycles. The van der Waals surface area contributed by atoms with Gasteiger partial charge < -0.3 is 10.5 Å². The van der Waals surface area contributed by atoms with E-state index in [2.05, 4.69) is 0 Å². The molecule has 1 atom stereocenters. The van der Waals surface area contributed by atoms with Crippen LogP contribution in [0.5, 0.6) is 0 Å². The molecule has 4 heteroatoms. The van der Waals surface area contributed by atoms with Crippen LogP contribution in [0.3, 0.4) is 0 Å². The fourth-order valence-corrected chi connectivity index (χ4v) is 1.57. The largest absolute Gasteiger partial charge is 0.465 e. The van der Waals surface area contributed by atoms with Gasteiger partial charge in [0.1, 0.15) is 6.04 Å². The zero-order valence-corrected chi connectivity index (χ0v) is 9.54. The molecule has 1 unspecified atom stereocenters. The van der Waals surface area contributed by atoms with Crippen molar-refractivity contribution >= 4 is 17.6 Å². The number of rotatable bonds is 3. The average molecular weight is 228 g/mol. The number of carbonyl (C=O) groups excluding carboxylic acids is 1. The number of nitrogens with two attached hydrogens (primary N) is 1. The van der Waals surface area contributed by atoms with Gasteiger partial charge in [-0.05, 0) is 37.1 Å². The third-order valence-corrected chi connectivity index (χ3v) is 2.34. The summed E-state index contributed by atoms with van der Waals surface area (Å²) in [6, 6.07) is 4.50. The fraction of sp³-hybridized carbons (Fsp3) is 0.364. The van der Waals surface area contributed by atoms with E-state index >= 15 is 0 Å². The summed E-state index contributed by atoms with van der Waals surface area (Å²) >= 11 is 5.81. The molecule has 0 radical (unpaired) electrons. The fourth-order valence-electron chi connectivity index (χ4n) is 1.35. The van der Waals surface area contributed by atoms with E-state index < -0.39 is 12.0 Å². The van der Waals surface area contributed by atoms with Crippen molar-refractivity contribution in [1.29, 1.82) is 0 Å². The Bertz CT molecular complexity index is 366. The van der Waals surface area contributed by atoms with Crippen LogP contribution in [0.1, 0.15) is 24.1 Å². The molecule has 1 aromatic carbocycles. The van der Waals surface area contributed by atoms with Crippen molar-refractivity contribution in [2.75, 3.05) is 6.61 Å². The number of aryl methyl sites for hydroxylation is 1. The van der Waals surface area contributed by atoms with E-state index in [9.17, 15) is 4.79 Å². The van der Waals surface area contributed by atoms with Crippen LogP contribution >= 0.6 is 11.6 Å². The lowest BCUT2D eigenvalue weighted by molar-refractivity contribution is -0.144. The Morgan fingerprint density at radius 1 is 1.60 bits per heavy atom. The van der Waals surface area contributed by atoms with Crippen LogP contribution in [0.25, 0.3) is 0 Å². The molecule has 1 rings (SSSR count). The van der Waals surface area contributed by atoms with Gasteiger partial charge in [0.2, 0.25) is 0 Å². The summed E-state index contributed by atoms with van der Waals surface area (Å²) in [7, 11) is 0. The minimum absolute atomic E-state index is 0.333. The number of carbonyl (C=O) groups is 1. The molecule has 0 aliphatic carbocycles. The van der Waals surface area contributed by atoms with Crippen LogP contribution < -0.4 is 5.73 Å². The zero-order valence-electron chi connectivity index (χ0n) is 8.79. The van der Waals surface area contributed by atoms with Crippen molar-refractivity contribution in [2.24, 2.45) is 5.73 Å². The molecular formula is C11H14ClNO2. The molecule has 0 saturated carbocycles. The van der Waals surface area contributed by atoms with Gasteiger partial charge in [-0.1, -0.05) is 17.7 Å². The van der Waals surface area contributed by atoms with Gasteiger partial charge in [-0.15, -0.1) is 0 Å². The Kier molecular flexibility index (Phi) is 4.12. The van der Waals surface area contributed by atoms with Crippen molar-refractivity contribution in [3.05, 3.63) is 34.3 Å². The van der Waals surface area contributed by atoms with E-state index in [1.807, 2.05) is 6.92 Å². The second-order valence-corrected chi connectivity index (χ2v) is 3.67. The van der Waals surface area contributed by atoms with E-state index in [0.29, 0.717) is 11.6 Å². The topological polar surface area (TPSA) is 52.3 Å². The number of ether oxygens (including phenoxy) is 1. The lowest BCUT2D eigenvalue weighted by atomic mass is 10.0. The van der Waals surface area contributed by atoms with Gasteiger partial charge in [0.15, 0.2) is 0 Å². The van der Waals surface area contributed by atoms with Gasteiger partial charge in [-0.2, -0.15) is 0 Å². The SMILES string of the molecule is CCOC(=O)C(N)c1ccc(Cl)cc1C. The summed E-state index contributed by atoms with van der Waals surface area (Å²) in [4.78, 5) is 11.4. The van der Waals surface area contributed by atoms with Crippen molar-refractivity contribution in [3.8, 4) is 0 Å². The standard InChI is InChI=1S/C11H14ClNO2/c1-3-15-11(14)10(13)9-5-4-8(12)6-7(9)2/h4-6,10H,3,13H2,1-2H3. The number of benzene rings is 1. The maximum Gasteiger partial charge on any atom is 0.327 e. The molecule has 0 fully saturated rings. The summed E-state index contributed by atoms with van der Waals surface area (Å²) in [5.74, 6) is -0.414. The number of hydrogen-bond donors (Lipinski definition) is 1. The highest BCUT2D eigenvalue weighted by Gasteiger charge is 2.18. The van der Waals surface area contributed by atoms with Crippen molar-refractivity contribution in [3.63, 3.8) is 0 Å². The Morgan fingerprint density at radius 3 is 2.80 bits per heavy atom. The smallest absolute Gasteiger partial charge is 0.327 e. The molecule has 0 bridgehead atoms. The predicted octanol–water partition coefficient (Wildman–Crippen LogP) is 2.21. The molecule has 0 aliphatic heterocycles. The van der Waals surface area contributed by atoms with Gasteiger partial charge in [0.05, 0.1) is 6.61 Å². The first-order valence-corrected chi connectivity index (χ1v) is 5.12. The first-order chi connectivity index (χ1) is 7.06. The summed E-state index contributed by atoms with van der Waals surface area (Å²) in [6.07, 6.45) is 0. The lowest BCUT2D eigenvalue weighted by Crippen LogP contribution is -2.24. The molecule has 3 nitrogen and oxygen atoms in total. The summed E-state index contributed by atoms with van der Waals surface area (Å²) in [6.45, 7) is 3.94. The molecule has 0 heterocycles. The quantitative estimate of drug-likeness (QED) is 0.806. The van der Waals surface area contributed by atoms with Crippen LogP contribution in [0.15, 0.2) is 18.2 Å². The van der Waals surface area contributed by atoms with Gasteiger partial charge in [0, 0.05) is 5.02 Å². The van der Waals surface area contributed by atoms with Crippen LogP contribution in [-0.4, -0.2) is 12.6 Å². The van der Waals surface area contributed by atoms with Crippen LogP contribution in [0.4, 0.5) is 0 Å². The number of halogens is 1. The molecule has 15 heavy (non-hydrogen) atoms. The molecule has 82 valence electrons. The lowest BCUT2D eigenvalue weighted by Gasteiger charge is -2.13. The van der Waals surface area contributed by atoms with Crippen LogP contribution in [0.2, 0.25) is 5.02 Å². The van der Waals surface area contributed by atoms with Gasteiger partial charge >= 0.3 is 5.97 Å². The Hall–Kier alpha value is -1.06. The highest BCUT2D eigenvalue weighted by molar-refractivity contribution is 6.30. The molecule has 0 spiro atoms. The molecule has 0 aromatic heterocycles. The molecule has 1 aromatic rings. The normalized spacial score (nSPS) is 12.3. The van der Waals surface area contributed by atoms with Gasteiger partial charge in [0.25, 0.3) is 0 Å². The molecular weight excluding hydrogens is 214 g/mol. The second kappa shape index (κ2) is 5.14. The van der Waals surface area contributed by atoms with E-state index in [-0.39, 0.29) is 0 Å². The number of hydrogen-bond acceptors (Lipinski definition) is 3. The second-order valence-electron chi connectivity index (χ2n) is 3.23. The zero-order chi connectivity index (χ0) is 11.4. The highest BCUT2D eigenvalue weighted by atomic mass is 35.5. The van der Waals surface area contributed by atoms with Gasteiger partial charge in [-0.3, -0.25) is 0 Å². The maximum atomic E-state index is 11.4. The summed E-state index contributed by atoms with van der Waals surface area (Å²) in [5.41, 5.74) is 7.40. The van der Waals surface area contributed by atoms with E-state index in [4.69, 9.17) is 22.1 Å². The molecule has 0 amide bonds.